The van der Waals surface area contributed by atoms with Crippen molar-refractivity contribution in [2.24, 2.45) is 5.10 Å². The zero-order valence-corrected chi connectivity index (χ0v) is 19.1. The molecular weight excluding hydrogens is 424 g/mol. The SMILES string of the molecule is C=C/C(=C\C=N)S(=O)(=O)C1=NNC2C=Cc3nc(-c4cn[nH]c4C)c(CCC)c(C)c3C12. The molecule has 9 heteroatoms. The van der Waals surface area contributed by atoms with Crippen molar-refractivity contribution < 1.29 is 8.42 Å². The van der Waals surface area contributed by atoms with Gasteiger partial charge in [-0.05, 0) is 49.1 Å². The first kappa shape index (κ1) is 21.9. The summed E-state index contributed by atoms with van der Waals surface area (Å²) in [5.74, 6) is -0.503. The van der Waals surface area contributed by atoms with Gasteiger partial charge >= 0.3 is 0 Å². The number of pyridine rings is 1. The van der Waals surface area contributed by atoms with Gasteiger partial charge in [-0.15, -0.1) is 0 Å². The number of allylic oxidation sites excluding steroid dienone is 2. The van der Waals surface area contributed by atoms with Crippen LogP contribution >= 0.6 is 0 Å². The van der Waals surface area contributed by atoms with Gasteiger partial charge in [-0.25, -0.2) is 13.4 Å². The van der Waals surface area contributed by atoms with Crippen LogP contribution in [0.1, 0.15) is 47.3 Å². The maximum Gasteiger partial charge on any atom is 0.222 e. The molecule has 2 aromatic rings. The molecule has 0 radical (unpaired) electrons. The quantitative estimate of drug-likeness (QED) is 0.458. The zero-order valence-electron chi connectivity index (χ0n) is 18.3. The first-order valence-electron chi connectivity index (χ1n) is 10.5. The molecule has 0 spiro atoms. The molecule has 2 aromatic heterocycles. The number of nitrogens with one attached hydrogen (secondary N) is 3. The van der Waals surface area contributed by atoms with Gasteiger partial charge in [0.2, 0.25) is 9.84 Å². The van der Waals surface area contributed by atoms with Crippen molar-refractivity contribution in [2.75, 3.05) is 0 Å². The number of rotatable bonds is 6. The predicted molar refractivity (Wildman–Crippen MR) is 127 cm³/mol. The van der Waals surface area contributed by atoms with Gasteiger partial charge in [0.05, 0.1) is 34.4 Å². The average Bonchev–Trinajstić information content (AvgIpc) is 3.40. The largest absolute Gasteiger partial charge is 0.309 e. The number of hydrazone groups is 1. The second-order valence-electron chi connectivity index (χ2n) is 7.91. The monoisotopic (exact) mass is 450 g/mol. The first-order chi connectivity index (χ1) is 15.3. The summed E-state index contributed by atoms with van der Waals surface area (Å²) < 4.78 is 26.7. The summed E-state index contributed by atoms with van der Waals surface area (Å²) in [6.45, 7) is 9.72. The van der Waals surface area contributed by atoms with Gasteiger partial charge in [0.1, 0.15) is 0 Å². The van der Waals surface area contributed by atoms with Crippen molar-refractivity contribution in [3.8, 4) is 11.3 Å². The molecule has 0 fully saturated rings. The number of fused-ring (bicyclic) bond motifs is 3. The van der Waals surface area contributed by atoms with E-state index in [1.807, 2.05) is 26.0 Å². The van der Waals surface area contributed by atoms with E-state index in [1.54, 1.807) is 6.20 Å². The Bertz CT molecular complexity index is 1300. The maximum absolute atomic E-state index is 13.4. The molecule has 0 saturated carbocycles. The van der Waals surface area contributed by atoms with Gasteiger partial charge < -0.3 is 10.8 Å². The Balaban J connectivity index is 1.93. The van der Waals surface area contributed by atoms with Crippen LogP contribution in [0.5, 0.6) is 0 Å². The number of sulfone groups is 1. The Morgan fingerprint density at radius 3 is 2.75 bits per heavy atom. The van der Waals surface area contributed by atoms with Crippen molar-refractivity contribution in [3.05, 3.63) is 64.0 Å². The third-order valence-corrected chi connectivity index (χ3v) is 7.81. The third kappa shape index (κ3) is 3.33. The number of aromatic nitrogens is 3. The fourth-order valence-corrected chi connectivity index (χ4v) is 5.93. The summed E-state index contributed by atoms with van der Waals surface area (Å²) in [5, 5.41) is 18.7. The van der Waals surface area contributed by atoms with Crippen LogP contribution in [0.15, 0.2) is 41.0 Å². The maximum atomic E-state index is 13.4. The van der Waals surface area contributed by atoms with E-state index in [0.29, 0.717) is 0 Å². The number of hydrogen-bond donors (Lipinski definition) is 3. The first-order valence-corrected chi connectivity index (χ1v) is 12.0. The van der Waals surface area contributed by atoms with Crippen LogP contribution in [0.4, 0.5) is 0 Å². The van der Waals surface area contributed by atoms with Gasteiger partial charge in [0.15, 0.2) is 5.04 Å². The van der Waals surface area contributed by atoms with E-state index in [4.69, 9.17) is 10.4 Å². The molecule has 4 rings (SSSR count). The summed E-state index contributed by atoms with van der Waals surface area (Å²) in [5.41, 5.74) is 9.45. The van der Waals surface area contributed by atoms with Crippen molar-refractivity contribution in [1.82, 2.24) is 20.6 Å². The highest BCUT2D eigenvalue weighted by atomic mass is 32.2. The normalized spacial score (nSPS) is 19.7. The lowest BCUT2D eigenvalue weighted by atomic mass is 9.81. The molecule has 8 nitrogen and oxygen atoms in total. The molecular formula is C23H26N6O2S. The summed E-state index contributed by atoms with van der Waals surface area (Å²) >= 11 is 0. The molecule has 3 heterocycles. The van der Waals surface area contributed by atoms with E-state index < -0.39 is 15.8 Å². The molecule has 32 heavy (non-hydrogen) atoms. The average molecular weight is 451 g/mol. The van der Waals surface area contributed by atoms with Crippen LogP contribution in [0.3, 0.4) is 0 Å². The Morgan fingerprint density at radius 1 is 1.34 bits per heavy atom. The van der Waals surface area contributed by atoms with Crippen molar-refractivity contribution in [3.63, 3.8) is 0 Å². The number of H-pyrrole nitrogens is 1. The molecule has 0 saturated heterocycles. The van der Waals surface area contributed by atoms with Crippen LogP contribution in [0.25, 0.3) is 17.3 Å². The van der Waals surface area contributed by atoms with Gasteiger partial charge in [-0.3, -0.25) is 5.10 Å². The standard InChI is InChI=1S/C23H26N6O2S/c1-5-7-16-13(3)20-18(26-22(16)17-12-25-27-14(17)4)8-9-19-21(20)23(29-28-19)32(30,31)15(6-2)10-11-24/h6,8-12,19,21,24,28H,2,5,7H2,1,3-4H3,(H,25,27)/b15-10+,24-11?. The molecule has 0 aromatic carbocycles. The van der Waals surface area contributed by atoms with Crippen LogP contribution in [0, 0.1) is 19.3 Å². The van der Waals surface area contributed by atoms with Crippen LogP contribution < -0.4 is 5.43 Å². The highest BCUT2D eigenvalue weighted by Gasteiger charge is 2.44. The minimum Gasteiger partial charge on any atom is -0.309 e. The van der Waals surface area contributed by atoms with Crippen LogP contribution in [-0.4, -0.2) is 40.9 Å². The fourth-order valence-electron chi connectivity index (χ4n) is 4.45. The van der Waals surface area contributed by atoms with E-state index in [9.17, 15) is 8.42 Å². The molecule has 0 amide bonds. The Labute approximate surface area is 187 Å². The van der Waals surface area contributed by atoms with E-state index in [2.05, 4.69) is 34.2 Å². The van der Waals surface area contributed by atoms with E-state index in [-0.39, 0.29) is 16.0 Å². The second-order valence-corrected chi connectivity index (χ2v) is 9.80. The van der Waals surface area contributed by atoms with E-state index >= 15 is 0 Å². The summed E-state index contributed by atoms with van der Waals surface area (Å²) in [7, 11) is -3.93. The van der Waals surface area contributed by atoms with Gasteiger partial charge in [-0.2, -0.15) is 10.2 Å². The fraction of sp³-hybridized carbons (Fsp3) is 0.304. The van der Waals surface area contributed by atoms with Crippen LogP contribution in [0.2, 0.25) is 0 Å². The number of aromatic amines is 1. The minimum atomic E-state index is -3.93. The highest BCUT2D eigenvalue weighted by molar-refractivity contribution is 8.10. The molecule has 2 unspecified atom stereocenters. The molecule has 3 N–H and O–H groups in total. The number of nitrogens with zero attached hydrogens (tertiary/aromatic N) is 3. The zero-order chi connectivity index (χ0) is 23.0. The van der Waals surface area contributed by atoms with Gasteiger partial charge in [0.25, 0.3) is 0 Å². The highest BCUT2D eigenvalue weighted by Crippen LogP contribution is 2.41. The Hall–Kier alpha value is -3.33. The molecule has 2 atom stereocenters. The lowest BCUT2D eigenvalue weighted by Gasteiger charge is -2.28. The molecule has 2 aliphatic rings. The summed E-state index contributed by atoms with van der Waals surface area (Å²) in [6.07, 6.45) is 10.8. The van der Waals surface area contributed by atoms with Gasteiger partial charge in [-0.1, -0.05) is 32.1 Å². The lowest BCUT2D eigenvalue weighted by molar-refractivity contribution is 0.610. The van der Waals surface area contributed by atoms with E-state index in [0.717, 1.165) is 58.4 Å². The van der Waals surface area contributed by atoms with Crippen LogP contribution in [-0.2, 0) is 16.3 Å². The molecule has 1 aliphatic carbocycles. The lowest BCUT2D eigenvalue weighted by Crippen LogP contribution is -2.33. The summed E-state index contributed by atoms with van der Waals surface area (Å²) in [4.78, 5) is 4.93. The topological polar surface area (TPSA) is 124 Å². The van der Waals surface area contributed by atoms with Crippen molar-refractivity contribution in [1.29, 1.82) is 5.41 Å². The van der Waals surface area contributed by atoms with E-state index in [1.165, 1.54) is 12.2 Å². The molecule has 0 bridgehead atoms. The Morgan fingerprint density at radius 2 is 2.12 bits per heavy atom. The van der Waals surface area contributed by atoms with Gasteiger partial charge in [0, 0.05) is 17.5 Å². The minimum absolute atomic E-state index is 0.0284. The second kappa shape index (κ2) is 8.31. The molecule has 166 valence electrons. The molecule has 1 aliphatic heterocycles. The smallest absolute Gasteiger partial charge is 0.222 e. The van der Waals surface area contributed by atoms with Crippen molar-refractivity contribution >= 4 is 27.2 Å². The Kier molecular flexibility index (Phi) is 5.68. The predicted octanol–water partition coefficient (Wildman–Crippen LogP) is 3.57. The summed E-state index contributed by atoms with van der Waals surface area (Å²) in [6, 6.07) is -0.283. The van der Waals surface area contributed by atoms with Crippen molar-refractivity contribution in [2.45, 2.75) is 45.6 Å². The third-order valence-electron chi connectivity index (χ3n) is 5.99. The number of hydrogen-bond acceptors (Lipinski definition) is 7. The number of aryl methyl sites for hydroxylation is 1.